The third-order valence-electron chi connectivity index (χ3n) is 7.62. The van der Waals surface area contributed by atoms with Crippen LogP contribution in [0.4, 0.5) is 13.2 Å². The molecule has 0 bridgehead atoms. The van der Waals surface area contributed by atoms with E-state index in [4.69, 9.17) is 21.1 Å². The lowest BCUT2D eigenvalue weighted by atomic mass is 9.87. The summed E-state index contributed by atoms with van der Waals surface area (Å²) in [5, 5.41) is 2.35. The van der Waals surface area contributed by atoms with Crippen LogP contribution in [0.5, 0.6) is 5.75 Å². The third kappa shape index (κ3) is 6.28. The first kappa shape index (κ1) is 27.1. The van der Waals surface area contributed by atoms with E-state index in [2.05, 4.69) is 24.0 Å². The minimum atomic E-state index is -4.13. The van der Waals surface area contributed by atoms with Gasteiger partial charge in [-0.15, -0.1) is 0 Å². The highest BCUT2D eigenvalue weighted by atomic mass is 35.5. The van der Waals surface area contributed by atoms with Crippen molar-refractivity contribution in [1.82, 2.24) is 4.90 Å². The second-order valence-electron chi connectivity index (χ2n) is 10.5. The highest BCUT2D eigenvalue weighted by molar-refractivity contribution is 6.37. The molecular weight excluding hydrogens is 491 g/mol. The molecule has 1 unspecified atom stereocenters. The normalized spacial score (nSPS) is 23.1. The van der Waals surface area contributed by atoms with Gasteiger partial charge in [-0.25, -0.2) is 0 Å². The Hall–Kier alpha value is -1.99. The number of hydrogen-bond acceptors (Lipinski definition) is 4. The van der Waals surface area contributed by atoms with Crippen molar-refractivity contribution in [3.05, 3.63) is 40.9 Å². The SMILES string of the molecule is CC(C)OC(=O)C1CCN(C(C)c2ccc3ccc(OC4CCC(C(F)(F)F)CC4)c(Cl)c3c2)CC1. The van der Waals surface area contributed by atoms with Crippen LogP contribution in [-0.4, -0.2) is 42.3 Å². The number of rotatable bonds is 6. The first-order valence-electron chi connectivity index (χ1n) is 12.9. The molecule has 4 nitrogen and oxygen atoms in total. The van der Waals surface area contributed by atoms with Gasteiger partial charge in [-0.05, 0) is 95.5 Å². The number of carbonyl (C=O) groups excluding carboxylic acids is 1. The number of alkyl halides is 3. The highest BCUT2D eigenvalue weighted by Gasteiger charge is 2.41. The molecule has 2 aromatic rings. The molecule has 36 heavy (non-hydrogen) atoms. The number of nitrogens with zero attached hydrogens (tertiary/aromatic N) is 1. The molecule has 0 amide bonds. The van der Waals surface area contributed by atoms with E-state index in [-0.39, 0.29) is 43.0 Å². The first-order valence-corrected chi connectivity index (χ1v) is 13.3. The lowest BCUT2D eigenvalue weighted by Gasteiger charge is -2.35. The van der Waals surface area contributed by atoms with Crippen LogP contribution in [0.1, 0.15) is 70.9 Å². The maximum absolute atomic E-state index is 13.0. The summed E-state index contributed by atoms with van der Waals surface area (Å²) in [5.74, 6) is -0.865. The van der Waals surface area contributed by atoms with E-state index < -0.39 is 12.1 Å². The van der Waals surface area contributed by atoms with Gasteiger partial charge in [0.2, 0.25) is 0 Å². The summed E-state index contributed by atoms with van der Waals surface area (Å²) in [6, 6.07) is 10.1. The van der Waals surface area contributed by atoms with Crippen LogP contribution in [0.3, 0.4) is 0 Å². The number of fused-ring (bicyclic) bond motifs is 1. The Labute approximate surface area is 216 Å². The van der Waals surface area contributed by atoms with Crippen molar-refractivity contribution in [3.63, 3.8) is 0 Å². The lowest BCUT2D eigenvalue weighted by Crippen LogP contribution is -2.38. The Balaban J connectivity index is 1.42. The molecule has 0 N–H and O–H groups in total. The fraction of sp³-hybridized carbons (Fsp3) is 0.607. The third-order valence-corrected chi connectivity index (χ3v) is 8.01. The summed E-state index contributed by atoms with van der Waals surface area (Å²) in [4.78, 5) is 14.6. The molecule has 1 aliphatic heterocycles. The number of ether oxygens (including phenoxy) is 2. The van der Waals surface area contributed by atoms with Gasteiger partial charge in [0, 0.05) is 11.4 Å². The molecule has 2 aliphatic rings. The van der Waals surface area contributed by atoms with E-state index >= 15 is 0 Å². The number of carbonyl (C=O) groups is 1. The summed E-state index contributed by atoms with van der Waals surface area (Å²) in [6.07, 6.45) is -2.01. The van der Waals surface area contributed by atoms with Crippen molar-refractivity contribution in [2.45, 2.75) is 83.7 Å². The Kier molecular flexibility index (Phi) is 8.40. The molecule has 1 saturated carbocycles. The van der Waals surface area contributed by atoms with Crippen LogP contribution in [0, 0.1) is 11.8 Å². The van der Waals surface area contributed by atoms with E-state index in [1.54, 1.807) is 0 Å². The minimum absolute atomic E-state index is 0.0483. The fourth-order valence-corrected chi connectivity index (χ4v) is 5.65. The molecule has 2 aromatic carbocycles. The Morgan fingerprint density at radius 3 is 2.25 bits per heavy atom. The first-order chi connectivity index (χ1) is 17.0. The van der Waals surface area contributed by atoms with Crippen LogP contribution in [0.25, 0.3) is 10.8 Å². The summed E-state index contributed by atoms with van der Waals surface area (Å²) in [6.45, 7) is 7.52. The summed E-state index contributed by atoms with van der Waals surface area (Å²) in [7, 11) is 0. The molecule has 2 fully saturated rings. The van der Waals surface area contributed by atoms with Gasteiger partial charge in [0.05, 0.1) is 29.1 Å². The second-order valence-corrected chi connectivity index (χ2v) is 10.8. The van der Waals surface area contributed by atoms with Crippen molar-refractivity contribution in [2.75, 3.05) is 13.1 Å². The zero-order valence-electron chi connectivity index (χ0n) is 21.1. The molecule has 0 spiro atoms. The van der Waals surface area contributed by atoms with Gasteiger partial charge in [-0.2, -0.15) is 13.2 Å². The lowest BCUT2D eigenvalue weighted by molar-refractivity contribution is -0.185. The zero-order valence-corrected chi connectivity index (χ0v) is 21.9. The average molecular weight is 526 g/mol. The molecular formula is C28H35ClF3NO3. The van der Waals surface area contributed by atoms with E-state index in [0.29, 0.717) is 23.6 Å². The Bertz CT molecular complexity index is 1060. The number of hydrogen-bond donors (Lipinski definition) is 0. The predicted octanol–water partition coefficient (Wildman–Crippen LogP) is 7.72. The van der Waals surface area contributed by atoms with Gasteiger partial charge in [0.25, 0.3) is 0 Å². The molecule has 0 radical (unpaired) electrons. The molecule has 1 aliphatic carbocycles. The van der Waals surface area contributed by atoms with Gasteiger partial charge < -0.3 is 9.47 Å². The Morgan fingerprint density at radius 2 is 1.64 bits per heavy atom. The monoisotopic (exact) mass is 525 g/mol. The largest absolute Gasteiger partial charge is 0.489 e. The fourth-order valence-electron chi connectivity index (χ4n) is 5.38. The van der Waals surface area contributed by atoms with Crippen LogP contribution in [-0.2, 0) is 9.53 Å². The van der Waals surface area contributed by atoms with Gasteiger partial charge >= 0.3 is 12.1 Å². The quantitative estimate of drug-likeness (QED) is 0.362. The van der Waals surface area contributed by atoms with Gasteiger partial charge in [-0.1, -0.05) is 29.8 Å². The molecule has 1 atom stereocenters. The molecule has 1 heterocycles. The summed E-state index contributed by atoms with van der Waals surface area (Å²) < 4.78 is 50.4. The summed E-state index contributed by atoms with van der Waals surface area (Å²) >= 11 is 6.75. The maximum Gasteiger partial charge on any atom is 0.391 e. The molecule has 4 rings (SSSR count). The smallest absolute Gasteiger partial charge is 0.391 e. The number of benzene rings is 2. The second kappa shape index (κ2) is 11.2. The molecule has 0 aromatic heterocycles. The van der Waals surface area contributed by atoms with Crippen molar-refractivity contribution >= 4 is 28.3 Å². The van der Waals surface area contributed by atoms with Crippen LogP contribution in [0.15, 0.2) is 30.3 Å². The minimum Gasteiger partial charge on any atom is -0.489 e. The number of piperidine rings is 1. The number of esters is 1. The van der Waals surface area contributed by atoms with Gasteiger partial charge in [0.1, 0.15) is 5.75 Å². The topological polar surface area (TPSA) is 38.8 Å². The molecule has 1 saturated heterocycles. The maximum atomic E-state index is 13.0. The van der Waals surface area contributed by atoms with Crippen molar-refractivity contribution < 1.29 is 27.4 Å². The van der Waals surface area contributed by atoms with E-state index in [9.17, 15) is 18.0 Å². The standard InChI is InChI=1S/C28H35ClF3NO3/c1-17(2)35-27(34)20-12-14-33(15-13-20)18(3)21-5-4-19-6-11-25(26(29)24(19)16-21)36-23-9-7-22(8-10-23)28(30,31)32/h4-6,11,16-18,20,22-23H,7-10,12-15H2,1-3H3. The molecule has 198 valence electrons. The van der Waals surface area contributed by atoms with Crippen molar-refractivity contribution in [2.24, 2.45) is 11.8 Å². The van der Waals surface area contributed by atoms with Crippen LogP contribution >= 0.6 is 11.6 Å². The predicted molar refractivity (Wildman–Crippen MR) is 135 cm³/mol. The molecule has 8 heteroatoms. The van der Waals surface area contributed by atoms with Crippen LogP contribution < -0.4 is 4.74 Å². The van der Waals surface area contributed by atoms with E-state index in [0.717, 1.165) is 42.3 Å². The highest BCUT2D eigenvalue weighted by Crippen LogP contribution is 2.41. The van der Waals surface area contributed by atoms with Gasteiger partial charge in [-0.3, -0.25) is 9.69 Å². The Morgan fingerprint density at radius 1 is 1.00 bits per heavy atom. The average Bonchev–Trinajstić information content (AvgIpc) is 2.84. The zero-order chi connectivity index (χ0) is 26.0. The van der Waals surface area contributed by atoms with E-state index in [1.807, 2.05) is 32.0 Å². The number of likely N-dealkylation sites (tertiary alicyclic amines) is 1. The van der Waals surface area contributed by atoms with Crippen LogP contribution in [0.2, 0.25) is 5.02 Å². The van der Waals surface area contributed by atoms with Crippen molar-refractivity contribution in [1.29, 1.82) is 0 Å². The van der Waals surface area contributed by atoms with Crippen molar-refractivity contribution in [3.8, 4) is 5.75 Å². The van der Waals surface area contributed by atoms with E-state index in [1.165, 1.54) is 0 Å². The summed E-state index contributed by atoms with van der Waals surface area (Å²) in [5.41, 5.74) is 1.12. The number of halogens is 4. The van der Waals surface area contributed by atoms with Gasteiger partial charge in [0.15, 0.2) is 0 Å².